The minimum atomic E-state index is -0.962. The molecule has 32 heavy (non-hydrogen) atoms. The SMILES string of the molecule is O=C(COc1ccccc1-c1ccccc1)NN=Cc1cc([N+](=O)[O-])cc([N+](=O)[O-])c1O. The van der Waals surface area contributed by atoms with Gasteiger partial charge in [0.05, 0.1) is 27.7 Å². The van der Waals surface area contributed by atoms with Gasteiger partial charge in [-0.1, -0.05) is 48.5 Å². The van der Waals surface area contributed by atoms with E-state index in [4.69, 9.17) is 4.74 Å². The second-order valence-corrected chi connectivity index (χ2v) is 6.36. The number of ether oxygens (including phenoxy) is 1. The van der Waals surface area contributed by atoms with E-state index in [1.54, 1.807) is 12.1 Å². The third-order valence-corrected chi connectivity index (χ3v) is 4.24. The smallest absolute Gasteiger partial charge is 0.318 e. The van der Waals surface area contributed by atoms with Crippen molar-refractivity contribution in [1.29, 1.82) is 0 Å². The molecule has 162 valence electrons. The van der Waals surface area contributed by atoms with E-state index in [-0.39, 0.29) is 12.2 Å². The summed E-state index contributed by atoms with van der Waals surface area (Å²) in [6.07, 6.45) is 0.866. The summed E-state index contributed by atoms with van der Waals surface area (Å²) in [5, 5.41) is 35.4. The standard InChI is InChI=1S/C21H16N4O7/c26-20(13-32-19-9-5-4-8-17(19)14-6-2-1-3-7-14)23-22-12-15-10-16(24(28)29)11-18(21(15)27)25(30)31/h1-12,27H,13H2,(H,23,26). The lowest BCUT2D eigenvalue weighted by atomic mass is 10.1. The van der Waals surface area contributed by atoms with Crippen LogP contribution in [0.4, 0.5) is 11.4 Å². The van der Waals surface area contributed by atoms with Gasteiger partial charge in [-0.25, -0.2) is 5.43 Å². The fourth-order valence-corrected chi connectivity index (χ4v) is 2.77. The molecule has 0 aliphatic heterocycles. The number of phenols is 1. The Morgan fingerprint density at radius 1 is 1.03 bits per heavy atom. The van der Waals surface area contributed by atoms with Crippen molar-refractivity contribution in [3.05, 3.63) is 92.5 Å². The molecule has 11 heteroatoms. The van der Waals surface area contributed by atoms with E-state index in [1.807, 2.05) is 42.5 Å². The summed E-state index contributed by atoms with van der Waals surface area (Å²) >= 11 is 0. The van der Waals surface area contributed by atoms with Crippen molar-refractivity contribution >= 4 is 23.5 Å². The average Bonchev–Trinajstić information content (AvgIpc) is 2.79. The summed E-state index contributed by atoms with van der Waals surface area (Å²) in [5.41, 5.74) is 2.07. The largest absolute Gasteiger partial charge is 0.502 e. The minimum absolute atomic E-state index is 0.304. The van der Waals surface area contributed by atoms with E-state index in [0.717, 1.165) is 23.4 Å². The third-order valence-electron chi connectivity index (χ3n) is 4.24. The van der Waals surface area contributed by atoms with Gasteiger partial charge < -0.3 is 9.84 Å². The molecule has 3 rings (SSSR count). The summed E-state index contributed by atoms with van der Waals surface area (Å²) in [5.74, 6) is -0.986. The molecule has 0 fully saturated rings. The van der Waals surface area contributed by atoms with Crippen molar-refractivity contribution < 1.29 is 24.5 Å². The molecule has 0 spiro atoms. The number of carbonyl (C=O) groups excluding carboxylic acids is 1. The van der Waals surface area contributed by atoms with Gasteiger partial charge in [0, 0.05) is 11.6 Å². The number of nitrogens with one attached hydrogen (secondary N) is 1. The highest BCUT2D eigenvalue weighted by atomic mass is 16.6. The summed E-state index contributed by atoms with van der Waals surface area (Å²) in [4.78, 5) is 32.2. The van der Waals surface area contributed by atoms with Crippen LogP contribution in [-0.4, -0.2) is 33.7 Å². The molecule has 3 aromatic rings. The normalized spacial score (nSPS) is 10.6. The number of carbonyl (C=O) groups is 1. The van der Waals surface area contributed by atoms with Gasteiger partial charge in [-0.05, 0) is 11.6 Å². The molecule has 0 aliphatic carbocycles. The summed E-state index contributed by atoms with van der Waals surface area (Å²) < 4.78 is 5.57. The Morgan fingerprint density at radius 3 is 2.41 bits per heavy atom. The van der Waals surface area contributed by atoms with Gasteiger partial charge in [-0.15, -0.1) is 0 Å². The molecule has 0 heterocycles. The monoisotopic (exact) mass is 436 g/mol. The predicted molar refractivity (Wildman–Crippen MR) is 115 cm³/mol. The van der Waals surface area contributed by atoms with Gasteiger partial charge in [-0.3, -0.25) is 25.0 Å². The molecule has 0 radical (unpaired) electrons. The van der Waals surface area contributed by atoms with E-state index in [2.05, 4.69) is 10.5 Å². The number of para-hydroxylation sites is 1. The van der Waals surface area contributed by atoms with Crippen LogP contribution in [-0.2, 0) is 4.79 Å². The van der Waals surface area contributed by atoms with Crippen LogP contribution in [0.15, 0.2) is 71.8 Å². The fraction of sp³-hybridized carbons (Fsp3) is 0.0476. The Hall–Kier alpha value is -4.80. The molecule has 11 nitrogen and oxygen atoms in total. The second-order valence-electron chi connectivity index (χ2n) is 6.36. The minimum Gasteiger partial charge on any atom is -0.502 e. The van der Waals surface area contributed by atoms with Crippen LogP contribution in [0.1, 0.15) is 5.56 Å². The van der Waals surface area contributed by atoms with E-state index >= 15 is 0 Å². The van der Waals surface area contributed by atoms with E-state index in [1.165, 1.54) is 0 Å². The number of hydrogen-bond acceptors (Lipinski definition) is 8. The Morgan fingerprint density at radius 2 is 1.72 bits per heavy atom. The number of amides is 1. The Labute approximate surface area is 180 Å². The molecule has 0 bridgehead atoms. The summed E-state index contributed by atoms with van der Waals surface area (Å²) in [6, 6.07) is 18.1. The van der Waals surface area contributed by atoms with Crippen LogP contribution < -0.4 is 10.2 Å². The van der Waals surface area contributed by atoms with E-state index in [0.29, 0.717) is 11.8 Å². The maximum absolute atomic E-state index is 12.1. The average molecular weight is 436 g/mol. The van der Waals surface area contributed by atoms with Crippen LogP contribution in [0.5, 0.6) is 11.5 Å². The van der Waals surface area contributed by atoms with Crippen molar-refractivity contribution in [1.82, 2.24) is 5.43 Å². The first kappa shape index (κ1) is 21.9. The quantitative estimate of drug-likeness (QED) is 0.311. The van der Waals surface area contributed by atoms with Gasteiger partial charge in [0.25, 0.3) is 11.6 Å². The van der Waals surface area contributed by atoms with Crippen molar-refractivity contribution in [3.63, 3.8) is 0 Å². The Balaban J connectivity index is 1.68. The second kappa shape index (κ2) is 9.80. The maximum Gasteiger partial charge on any atom is 0.318 e. The number of nitro groups is 2. The molecular formula is C21H16N4O7. The molecule has 0 aliphatic rings. The number of benzene rings is 3. The van der Waals surface area contributed by atoms with Crippen LogP contribution in [0, 0.1) is 20.2 Å². The van der Waals surface area contributed by atoms with Gasteiger partial charge in [0.2, 0.25) is 5.75 Å². The number of rotatable bonds is 8. The Kier molecular flexibility index (Phi) is 6.71. The van der Waals surface area contributed by atoms with Gasteiger partial charge in [0.15, 0.2) is 6.61 Å². The van der Waals surface area contributed by atoms with Crippen molar-refractivity contribution in [2.45, 2.75) is 0 Å². The first-order valence-electron chi connectivity index (χ1n) is 9.11. The van der Waals surface area contributed by atoms with Crippen LogP contribution >= 0.6 is 0 Å². The van der Waals surface area contributed by atoms with Crippen LogP contribution in [0.2, 0.25) is 0 Å². The number of aromatic hydroxyl groups is 1. The number of phenolic OH excluding ortho intramolecular Hbond substituents is 1. The number of nitrogens with zero attached hydrogens (tertiary/aromatic N) is 3. The van der Waals surface area contributed by atoms with Crippen molar-refractivity contribution in [2.75, 3.05) is 6.61 Å². The zero-order chi connectivity index (χ0) is 23.1. The predicted octanol–water partition coefficient (Wildman–Crippen LogP) is 3.40. The Bertz CT molecular complexity index is 1200. The number of nitro benzene ring substituents is 2. The first-order chi connectivity index (χ1) is 15.4. The van der Waals surface area contributed by atoms with Gasteiger partial charge >= 0.3 is 5.69 Å². The topological polar surface area (TPSA) is 157 Å². The summed E-state index contributed by atoms with van der Waals surface area (Å²) in [6.45, 7) is -0.387. The first-order valence-corrected chi connectivity index (χ1v) is 9.11. The van der Waals surface area contributed by atoms with Crippen molar-refractivity contribution in [2.24, 2.45) is 5.10 Å². The lowest BCUT2D eigenvalue weighted by Crippen LogP contribution is -2.24. The van der Waals surface area contributed by atoms with Gasteiger partial charge in [-0.2, -0.15) is 5.10 Å². The van der Waals surface area contributed by atoms with Crippen LogP contribution in [0.25, 0.3) is 11.1 Å². The van der Waals surface area contributed by atoms with Crippen molar-refractivity contribution in [3.8, 4) is 22.6 Å². The molecule has 1 amide bonds. The number of hydrogen-bond donors (Lipinski definition) is 2. The molecule has 0 aromatic heterocycles. The maximum atomic E-state index is 12.1. The lowest BCUT2D eigenvalue weighted by molar-refractivity contribution is -0.394. The van der Waals surface area contributed by atoms with Crippen LogP contribution in [0.3, 0.4) is 0 Å². The number of hydrazone groups is 1. The van der Waals surface area contributed by atoms with E-state index < -0.39 is 32.9 Å². The highest BCUT2D eigenvalue weighted by Gasteiger charge is 2.23. The highest BCUT2D eigenvalue weighted by Crippen LogP contribution is 2.33. The third kappa shape index (κ3) is 5.21. The van der Waals surface area contributed by atoms with Gasteiger partial charge in [0.1, 0.15) is 5.75 Å². The molecule has 0 unspecified atom stereocenters. The number of non-ortho nitro benzene ring substituents is 1. The molecular weight excluding hydrogens is 420 g/mol. The molecule has 3 aromatic carbocycles. The summed E-state index contributed by atoms with van der Waals surface area (Å²) in [7, 11) is 0. The zero-order valence-electron chi connectivity index (χ0n) is 16.4. The lowest BCUT2D eigenvalue weighted by Gasteiger charge is -2.10. The zero-order valence-corrected chi connectivity index (χ0v) is 16.4. The fourth-order valence-electron chi connectivity index (χ4n) is 2.77. The highest BCUT2D eigenvalue weighted by molar-refractivity contribution is 5.88. The molecule has 2 N–H and O–H groups in total. The molecule has 0 atom stereocenters. The van der Waals surface area contributed by atoms with E-state index in [9.17, 15) is 30.1 Å². The molecule has 0 saturated heterocycles. The molecule has 0 saturated carbocycles.